The molecule has 0 aliphatic carbocycles. The minimum atomic E-state index is -0.0955. The number of hydrogen-bond acceptors (Lipinski definition) is 1. The number of rotatable bonds is 1. The highest BCUT2D eigenvalue weighted by molar-refractivity contribution is 9.10. The van der Waals surface area contributed by atoms with Gasteiger partial charge >= 0.3 is 0 Å². The summed E-state index contributed by atoms with van der Waals surface area (Å²) >= 11 is 3.48. The molecule has 0 bridgehead atoms. The lowest BCUT2D eigenvalue weighted by molar-refractivity contribution is 0.657. The van der Waals surface area contributed by atoms with Crippen LogP contribution in [0.2, 0.25) is 0 Å². The quantitative estimate of drug-likeness (QED) is 0.488. The lowest BCUT2D eigenvalue weighted by atomic mass is 10.2. The number of halogens is 1. The summed E-state index contributed by atoms with van der Waals surface area (Å²) in [5.41, 5.74) is 0. The Morgan fingerprint density at radius 2 is 2.33 bits per heavy atom. The highest BCUT2D eigenvalue weighted by Gasteiger charge is 2.18. The first-order valence-electron chi connectivity index (χ1n) is 2.87. The molecule has 1 aliphatic rings. The third-order valence-corrected chi connectivity index (χ3v) is 2.14. The third kappa shape index (κ3) is 1.58. The van der Waals surface area contributed by atoms with Crippen LogP contribution >= 0.6 is 15.9 Å². The molecule has 0 aromatic rings. The van der Waals surface area contributed by atoms with E-state index < -0.39 is 0 Å². The molecule has 0 aromatic carbocycles. The topological polar surface area (TPSA) is 12.0 Å². The van der Waals surface area contributed by atoms with Crippen molar-refractivity contribution in [3.8, 4) is 0 Å². The lowest BCUT2D eigenvalue weighted by Gasteiger charge is -2.24. The Labute approximate surface area is 64.0 Å². The second-order valence-electron chi connectivity index (χ2n) is 1.98. The van der Waals surface area contributed by atoms with Crippen LogP contribution < -0.4 is 5.32 Å². The molecule has 1 rings (SSSR count). The lowest BCUT2D eigenvalue weighted by Crippen LogP contribution is -2.33. The van der Waals surface area contributed by atoms with E-state index in [0.29, 0.717) is 0 Å². The molecule has 1 aliphatic heterocycles. The van der Waals surface area contributed by atoms with E-state index in [1.807, 2.05) is 24.4 Å². The summed E-state index contributed by atoms with van der Waals surface area (Å²) in [5, 5.41) is 3.13. The summed E-state index contributed by atoms with van der Waals surface area (Å²) in [6, 6.07) is 0. The van der Waals surface area contributed by atoms with Crippen LogP contribution in [0.3, 0.4) is 0 Å². The Hall–Kier alpha value is -0.240. The van der Waals surface area contributed by atoms with Crippen molar-refractivity contribution in [3.63, 3.8) is 0 Å². The van der Waals surface area contributed by atoms with Gasteiger partial charge in [-0.2, -0.15) is 0 Å². The molecular formula is C7H9BrN. The van der Waals surface area contributed by atoms with Gasteiger partial charge in [0.15, 0.2) is 0 Å². The fourth-order valence-corrected chi connectivity index (χ4v) is 0.939. The summed E-state index contributed by atoms with van der Waals surface area (Å²) in [7, 11) is 0. The van der Waals surface area contributed by atoms with Gasteiger partial charge in [0.2, 0.25) is 0 Å². The molecule has 1 N–H and O–H groups in total. The normalized spacial score (nSPS) is 32.2. The summed E-state index contributed by atoms with van der Waals surface area (Å²) in [6.07, 6.45) is 8.69. The van der Waals surface area contributed by atoms with Crippen molar-refractivity contribution in [1.29, 1.82) is 0 Å². The molecular weight excluding hydrogens is 178 g/mol. The van der Waals surface area contributed by atoms with Crippen molar-refractivity contribution in [2.45, 2.75) is 10.9 Å². The van der Waals surface area contributed by atoms with Crippen molar-refractivity contribution >= 4 is 15.9 Å². The van der Waals surface area contributed by atoms with E-state index in [0.717, 1.165) is 6.42 Å². The van der Waals surface area contributed by atoms with E-state index >= 15 is 0 Å². The molecule has 0 aromatic heterocycles. The van der Waals surface area contributed by atoms with E-state index in [1.165, 1.54) is 0 Å². The second-order valence-corrected chi connectivity index (χ2v) is 3.39. The third-order valence-electron chi connectivity index (χ3n) is 1.25. The van der Waals surface area contributed by atoms with Crippen LogP contribution in [0, 0.1) is 6.92 Å². The molecule has 0 fully saturated rings. The van der Waals surface area contributed by atoms with Crippen LogP contribution in [-0.4, -0.2) is 4.45 Å². The van der Waals surface area contributed by atoms with Crippen molar-refractivity contribution in [2.75, 3.05) is 0 Å². The molecule has 1 nitrogen and oxygen atoms in total. The summed E-state index contributed by atoms with van der Waals surface area (Å²) in [4.78, 5) is 0. The molecule has 0 saturated carbocycles. The first kappa shape index (κ1) is 6.87. The average Bonchev–Trinajstić information content (AvgIpc) is 1.90. The zero-order valence-electron chi connectivity index (χ0n) is 5.10. The van der Waals surface area contributed by atoms with E-state index in [9.17, 15) is 0 Å². The Kier molecular flexibility index (Phi) is 1.96. The highest BCUT2D eigenvalue weighted by atomic mass is 79.9. The van der Waals surface area contributed by atoms with Crippen molar-refractivity contribution in [3.05, 3.63) is 31.4 Å². The molecule has 0 saturated heterocycles. The van der Waals surface area contributed by atoms with Crippen LogP contribution in [-0.2, 0) is 0 Å². The standard InChI is InChI=1S/C7H9BrN/c1-2-7(8)5-3-4-6-9-7/h3-6,9H,1-2H2. The summed E-state index contributed by atoms with van der Waals surface area (Å²) in [6.45, 7) is 3.79. The van der Waals surface area contributed by atoms with Crippen LogP contribution in [0.5, 0.6) is 0 Å². The van der Waals surface area contributed by atoms with Gasteiger partial charge in [-0.25, -0.2) is 0 Å². The van der Waals surface area contributed by atoms with Gasteiger partial charge in [-0.15, -0.1) is 0 Å². The smallest absolute Gasteiger partial charge is 0.111 e. The zero-order chi connectivity index (χ0) is 6.74. The van der Waals surface area contributed by atoms with Crippen molar-refractivity contribution < 1.29 is 0 Å². The molecule has 1 unspecified atom stereocenters. The molecule has 0 spiro atoms. The fraction of sp³-hybridized carbons (Fsp3) is 0.286. The predicted octanol–water partition coefficient (Wildman–Crippen LogP) is 1.97. The SMILES string of the molecule is [CH2]CC1(Br)C=CC=CN1. The first-order chi connectivity index (χ1) is 4.27. The average molecular weight is 187 g/mol. The Morgan fingerprint density at radius 1 is 1.56 bits per heavy atom. The Morgan fingerprint density at radius 3 is 2.67 bits per heavy atom. The van der Waals surface area contributed by atoms with Crippen LogP contribution in [0.4, 0.5) is 0 Å². The minimum Gasteiger partial charge on any atom is -0.373 e. The van der Waals surface area contributed by atoms with Gasteiger partial charge in [0.05, 0.1) is 0 Å². The zero-order valence-corrected chi connectivity index (χ0v) is 6.69. The van der Waals surface area contributed by atoms with E-state index in [1.54, 1.807) is 0 Å². The number of alkyl halides is 1. The summed E-state index contributed by atoms with van der Waals surface area (Å²) in [5.74, 6) is 0. The van der Waals surface area contributed by atoms with Crippen molar-refractivity contribution in [2.24, 2.45) is 0 Å². The van der Waals surface area contributed by atoms with Crippen LogP contribution in [0.1, 0.15) is 6.42 Å². The van der Waals surface area contributed by atoms with Crippen LogP contribution in [0.25, 0.3) is 0 Å². The maximum absolute atomic E-state index is 3.79. The van der Waals surface area contributed by atoms with Gasteiger partial charge in [-0.05, 0) is 31.7 Å². The minimum absolute atomic E-state index is 0.0955. The van der Waals surface area contributed by atoms with Gasteiger partial charge in [-0.1, -0.05) is 22.0 Å². The maximum atomic E-state index is 3.79. The number of hydrogen-bond donors (Lipinski definition) is 1. The van der Waals surface area contributed by atoms with E-state index in [2.05, 4.69) is 28.2 Å². The van der Waals surface area contributed by atoms with Gasteiger partial charge in [0.1, 0.15) is 4.45 Å². The maximum Gasteiger partial charge on any atom is 0.111 e. The number of allylic oxidation sites excluding steroid dienone is 2. The summed E-state index contributed by atoms with van der Waals surface area (Å²) < 4.78 is -0.0955. The highest BCUT2D eigenvalue weighted by Crippen LogP contribution is 2.21. The molecule has 49 valence electrons. The Bertz CT molecular complexity index is 151. The van der Waals surface area contributed by atoms with E-state index in [4.69, 9.17) is 0 Å². The monoisotopic (exact) mass is 186 g/mol. The first-order valence-corrected chi connectivity index (χ1v) is 3.66. The van der Waals surface area contributed by atoms with Gasteiger partial charge in [0, 0.05) is 0 Å². The number of nitrogens with one attached hydrogen (secondary N) is 1. The molecule has 1 radical (unpaired) electrons. The second kappa shape index (κ2) is 2.56. The Balaban J connectivity index is 2.63. The molecule has 0 amide bonds. The number of dihydropyridines is 1. The largest absolute Gasteiger partial charge is 0.373 e. The van der Waals surface area contributed by atoms with Gasteiger partial charge in [0.25, 0.3) is 0 Å². The predicted molar refractivity (Wildman–Crippen MR) is 43.0 cm³/mol. The molecule has 1 heterocycles. The van der Waals surface area contributed by atoms with Crippen LogP contribution in [0.15, 0.2) is 24.4 Å². The molecule has 1 atom stereocenters. The fourth-order valence-electron chi connectivity index (χ4n) is 0.654. The van der Waals surface area contributed by atoms with Gasteiger partial charge < -0.3 is 5.32 Å². The molecule has 9 heavy (non-hydrogen) atoms. The molecule has 2 heteroatoms. The van der Waals surface area contributed by atoms with Crippen molar-refractivity contribution in [1.82, 2.24) is 5.32 Å². The van der Waals surface area contributed by atoms with E-state index in [-0.39, 0.29) is 4.45 Å². The van der Waals surface area contributed by atoms with Gasteiger partial charge in [-0.3, -0.25) is 0 Å².